The van der Waals surface area contributed by atoms with Crippen LogP contribution < -0.4 is 4.74 Å². The predicted octanol–water partition coefficient (Wildman–Crippen LogP) is 2.32. The number of rotatable bonds is 4. The number of halogens is 1. The first-order chi connectivity index (χ1) is 7.52. The topological polar surface area (TPSA) is 55.3 Å². The molecule has 0 spiro atoms. The lowest BCUT2D eigenvalue weighted by Crippen LogP contribution is -2.16. The summed E-state index contributed by atoms with van der Waals surface area (Å²) in [7, 11) is 3.35. The minimum absolute atomic E-state index is 0.114. The van der Waals surface area contributed by atoms with Gasteiger partial charge in [-0.25, -0.2) is 0 Å². The summed E-state index contributed by atoms with van der Waals surface area (Å²) >= 11 is 7.68. The molecule has 0 N–H and O–H groups in total. The number of hydrogen-bond donors (Lipinski definition) is 0. The zero-order chi connectivity index (χ0) is 12.1. The molecule has 1 rings (SSSR count). The summed E-state index contributed by atoms with van der Waals surface area (Å²) in [6.45, 7) is 1.84. The zero-order valence-corrected chi connectivity index (χ0v) is 11.5. The number of carbonyl (C=O) groups excluding carboxylic acids is 1. The molecule has 1 amide bonds. The average molecular weight is 282 g/mol. The van der Waals surface area contributed by atoms with Crippen molar-refractivity contribution in [3.05, 3.63) is 0 Å². The van der Waals surface area contributed by atoms with Crippen molar-refractivity contribution in [1.29, 1.82) is 0 Å². The van der Waals surface area contributed by atoms with Crippen molar-refractivity contribution in [1.82, 2.24) is 14.3 Å². The Kier molecular flexibility index (Phi) is 5.30. The summed E-state index contributed by atoms with van der Waals surface area (Å²) in [5.41, 5.74) is 0. The van der Waals surface area contributed by atoms with E-state index in [-0.39, 0.29) is 11.3 Å². The molecule has 1 heterocycles. The molecule has 1 atom stereocenters. The van der Waals surface area contributed by atoms with Crippen molar-refractivity contribution in [2.45, 2.75) is 18.2 Å². The number of alkyl halides is 1. The van der Waals surface area contributed by atoms with Gasteiger partial charge in [-0.2, -0.15) is 9.36 Å². The number of aromatic nitrogens is 2. The summed E-state index contributed by atoms with van der Waals surface area (Å²) in [6, 6.07) is 0. The molecule has 0 aromatic carbocycles. The van der Waals surface area contributed by atoms with Gasteiger partial charge in [0.2, 0.25) is 5.16 Å². The number of thioether (sulfide) groups is 1. The monoisotopic (exact) mass is 281 g/mol. The van der Waals surface area contributed by atoms with Gasteiger partial charge in [0.15, 0.2) is 0 Å². The molecule has 90 valence electrons. The quantitative estimate of drug-likeness (QED) is 0.626. The van der Waals surface area contributed by atoms with Crippen LogP contribution in [0.2, 0.25) is 0 Å². The van der Waals surface area contributed by atoms with Crippen LogP contribution in [0.5, 0.6) is 5.19 Å². The van der Waals surface area contributed by atoms with Crippen LogP contribution in [0, 0.1) is 0 Å². The van der Waals surface area contributed by atoms with E-state index in [0.717, 1.165) is 23.3 Å². The van der Waals surface area contributed by atoms with E-state index in [4.69, 9.17) is 16.3 Å². The summed E-state index contributed by atoms with van der Waals surface area (Å²) < 4.78 is 9.36. The predicted molar refractivity (Wildman–Crippen MR) is 65.7 cm³/mol. The summed E-state index contributed by atoms with van der Waals surface area (Å²) in [5, 5.41) is 0.720. The minimum atomic E-state index is -0.116. The molecule has 0 fully saturated rings. The van der Waals surface area contributed by atoms with E-state index in [1.165, 1.54) is 4.90 Å². The molecule has 8 heteroatoms. The molecule has 16 heavy (non-hydrogen) atoms. The van der Waals surface area contributed by atoms with Gasteiger partial charge in [-0.3, -0.25) is 4.79 Å². The fourth-order valence-electron chi connectivity index (χ4n) is 0.659. The van der Waals surface area contributed by atoms with Gasteiger partial charge in [0.05, 0.1) is 5.88 Å². The van der Waals surface area contributed by atoms with E-state index < -0.39 is 0 Å². The van der Waals surface area contributed by atoms with Crippen LogP contribution in [-0.4, -0.2) is 45.6 Å². The van der Waals surface area contributed by atoms with Crippen LogP contribution in [-0.2, 0) is 0 Å². The van der Waals surface area contributed by atoms with Crippen LogP contribution in [0.25, 0.3) is 0 Å². The molecule has 1 unspecified atom stereocenters. The third kappa shape index (κ3) is 4.15. The maximum absolute atomic E-state index is 11.4. The summed E-state index contributed by atoms with van der Waals surface area (Å²) in [4.78, 5) is 16.9. The molecule has 0 aliphatic rings. The third-order valence-corrected chi connectivity index (χ3v) is 3.51. The normalized spacial score (nSPS) is 12.2. The number of hydrogen-bond acceptors (Lipinski definition) is 6. The van der Waals surface area contributed by atoms with Crippen LogP contribution >= 0.6 is 34.9 Å². The Morgan fingerprint density at radius 3 is 2.94 bits per heavy atom. The van der Waals surface area contributed by atoms with Gasteiger partial charge in [-0.1, -0.05) is 0 Å². The van der Waals surface area contributed by atoms with Crippen molar-refractivity contribution in [3.8, 4) is 5.19 Å². The zero-order valence-electron chi connectivity index (χ0n) is 9.14. The summed E-state index contributed by atoms with van der Waals surface area (Å²) in [6.07, 6.45) is -0.114. The molecule has 5 nitrogen and oxygen atoms in total. The second kappa shape index (κ2) is 6.27. The Hall–Kier alpha value is -0.530. The molecular formula is C8H12ClN3O2S2. The molecule has 0 aliphatic carbocycles. The van der Waals surface area contributed by atoms with Crippen molar-refractivity contribution in [2.75, 3.05) is 20.0 Å². The third-order valence-electron chi connectivity index (χ3n) is 1.45. The molecule has 0 aliphatic heterocycles. The van der Waals surface area contributed by atoms with E-state index in [9.17, 15) is 4.79 Å². The maximum Gasteiger partial charge on any atom is 0.294 e. The lowest BCUT2D eigenvalue weighted by molar-refractivity contribution is 0.241. The van der Waals surface area contributed by atoms with Crippen LogP contribution in [0.15, 0.2) is 5.16 Å². The SMILES string of the molecule is CC(CCl)Oc1nc(SC(=O)N(C)C)ns1. The first kappa shape index (κ1) is 13.5. The molecule has 0 saturated carbocycles. The second-order valence-corrected chi connectivity index (χ2v) is 5.13. The van der Waals surface area contributed by atoms with E-state index in [1.54, 1.807) is 14.1 Å². The highest BCUT2D eigenvalue weighted by atomic mass is 35.5. The standard InChI is InChI=1S/C8H12ClN3O2S2/c1-5(4-9)14-7-10-6(11-16-7)15-8(13)12(2)3/h5H,4H2,1-3H3. The highest BCUT2D eigenvalue weighted by molar-refractivity contribution is 8.13. The smallest absolute Gasteiger partial charge is 0.294 e. The largest absolute Gasteiger partial charge is 0.465 e. The Labute approximate surface area is 107 Å². The number of nitrogens with zero attached hydrogens (tertiary/aromatic N) is 3. The Morgan fingerprint density at radius 2 is 2.38 bits per heavy atom. The highest BCUT2D eigenvalue weighted by Gasteiger charge is 2.13. The molecule has 1 aromatic rings. The fourth-order valence-corrected chi connectivity index (χ4v) is 2.04. The molecule has 1 aromatic heterocycles. The van der Waals surface area contributed by atoms with Gasteiger partial charge in [-0.15, -0.1) is 11.6 Å². The van der Waals surface area contributed by atoms with E-state index in [0.29, 0.717) is 16.2 Å². The van der Waals surface area contributed by atoms with Crippen LogP contribution in [0.3, 0.4) is 0 Å². The molecule has 0 bridgehead atoms. The second-order valence-electron chi connectivity index (χ2n) is 3.19. The van der Waals surface area contributed by atoms with Crippen molar-refractivity contribution >= 4 is 40.1 Å². The maximum atomic E-state index is 11.4. The summed E-state index contributed by atoms with van der Waals surface area (Å²) in [5.74, 6) is 0.388. The van der Waals surface area contributed by atoms with Crippen LogP contribution in [0.1, 0.15) is 6.92 Å². The molecule has 0 radical (unpaired) electrons. The van der Waals surface area contributed by atoms with Gasteiger partial charge < -0.3 is 9.64 Å². The number of ether oxygens (including phenoxy) is 1. The lowest BCUT2D eigenvalue weighted by Gasteiger charge is -2.07. The fraction of sp³-hybridized carbons (Fsp3) is 0.625. The first-order valence-corrected chi connectivity index (χ1v) is 6.61. The average Bonchev–Trinajstić information content (AvgIpc) is 2.65. The minimum Gasteiger partial charge on any atom is -0.465 e. The number of amides is 1. The van der Waals surface area contributed by atoms with E-state index in [2.05, 4.69) is 9.36 Å². The van der Waals surface area contributed by atoms with Gasteiger partial charge in [0.25, 0.3) is 10.4 Å². The van der Waals surface area contributed by atoms with Crippen molar-refractivity contribution in [2.24, 2.45) is 0 Å². The van der Waals surface area contributed by atoms with E-state index in [1.807, 2.05) is 6.92 Å². The van der Waals surface area contributed by atoms with Crippen molar-refractivity contribution < 1.29 is 9.53 Å². The Morgan fingerprint density at radius 1 is 1.69 bits per heavy atom. The Balaban J connectivity index is 2.54. The van der Waals surface area contributed by atoms with Gasteiger partial charge in [0.1, 0.15) is 6.10 Å². The van der Waals surface area contributed by atoms with Gasteiger partial charge in [0, 0.05) is 37.4 Å². The van der Waals surface area contributed by atoms with Gasteiger partial charge >= 0.3 is 0 Å². The van der Waals surface area contributed by atoms with Crippen LogP contribution in [0.4, 0.5) is 4.79 Å². The first-order valence-electron chi connectivity index (χ1n) is 4.48. The Bertz CT molecular complexity index is 359. The van der Waals surface area contributed by atoms with Gasteiger partial charge in [-0.05, 0) is 6.92 Å². The lowest BCUT2D eigenvalue weighted by atomic mass is 10.5. The van der Waals surface area contributed by atoms with Crippen molar-refractivity contribution in [3.63, 3.8) is 0 Å². The molecular weight excluding hydrogens is 270 g/mol. The number of carbonyl (C=O) groups is 1. The highest BCUT2D eigenvalue weighted by Crippen LogP contribution is 2.24. The van der Waals surface area contributed by atoms with E-state index >= 15 is 0 Å². The molecule has 0 saturated heterocycles.